The molecule has 1 aliphatic carbocycles. The molecule has 0 radical (unpaired) electrons. The molecule has 1 aliphatic rings. The Balaban J connectivity index is 2.49. The fraction of sp³-hybridized carbons (Fsp3) is 0.389. The van der Waals surface area contributed by atoms with Gasteiger partial charge in [0.15, 0.2) is 0 Å². The van der Waals surface area contributed by atoms with Gasteiger partial charge in [0.1, 0.15) is 11.1 Å². The molecule has 0 saturated carbocycles. The number of ether oxygens (including phenoxy) is 1. The van der Waals surface area contributed by atoms with E-state index in [1.165, 1.54) is 6.07 Å². The molecule has 0 N–H and O–H groups in total. The highest BCUT2D eigenvalue weighted by molar-refractivity contribution is 7.93. The van der Waals surface area contributed by atoms with Crippen LogP contribution in [0.2, 0.25) is 5.02 Å². The van der Waals surface area contributed by atoms with E-state index in [1.807, 2.05) is 0 Å². The van der Waals surface area contributed by atoms with Gasteiger partial charge in [-0.15, -0.1) is 6.42 Å². The van der Waals surface area contributed by atoms with E-state index in [0.29, 0.717) is 12.8 Å². The van der Waals surface area contributed by atoms with Crippen LogP contribution in [0.5, 0.6) is 0 Å². The summed E-state index contributed by atoms with van der Waals surface area (Å²) < 4.78 is 45.8. The van der Waals surface area contributed by atoms with E-state index in [9.17, 15) is 17.6 Å². The molecule has 8 heteroatoms. The van der Waals surface area contributed by atoms with Crippen LogP contribution in [-0.4, -0.2) is 32.8 Å². The number of halogens is 2. The molecule has 0 fully saturated rings. The number of rotatable bonds is 6. The van der Waals surface area contributed by atoms with Crippen LogP contribution in [0.15, 0.2) is 29.8 Å². The summed E-state index contributed by atoms with van der Waals surface area (Å²) in [5.41, 5.74) is 0.165. The second-order valence-corrected chi connectivity index (χ2v) is 8.10. The molecule has 26 heavy (non-hydrogen) atoms. The third kappa shape index (κ3) is 4.19. The summed E-state index contributed by atoms with van der Waals surface area (Å²) in [4.78, 5) is 12.2. The summed E-state index contributed by atoms with van der Waals surface area (Å²) in [6.07, 6.45) is 8.37. The number of hydrogen-bond donors (Lipinski definition) is 0. The number of carbonyl (C=O) groups is 1. The molecule has 1 aromatic rings. The maximum Gasteiger partial charge on any atom is 0.335 e. The van der Waals surface area contributed by atoms with Crippen LogP contribution in [0.3, 0.4) is 0 Å². The number of nitrogens with zero attached hydrogens (tertiary/aromatic N) is 1. The number of sulfonamides is 1. The van der Waals surface area contributed by atoms with E-state index >= 15 is 0 Å². The quantitative estimate of drug-likeness (QED) is 0.544. The third-order valence-corrected chi connectivity index (χ3v) is 6.42. The van der Waals surface area contributed by atoms with E-state index in [1.54, 1.807) is 13.0 Å². The molecule has 0 aromatic heterocycles. The number of esters is 1. The molecule has 0 bridgehead atoms. The molecule has 5 nitrogen and oxygen atoms in total. The fourth-order valence-electron chi connectivity index (χ4n) is 2.82. The second-order valence-electron chi connectivity index (χ2n) is 5.65. The number of allylic oxidation sites excluding steroid dienone is 1. The van der Waals surface area contributed by atoms with Crippen molar-refractivity contribution in [2.45, 2.75) is 31.4 Å². The summed E-state index contributed by atoms with van der Waals surface area (Å²) in [5, 5.41) is -1.17. The van der Waals surface area contributed by atoms with Crippen LogP contribution in [0.25, 0.3) is 0 Å². The molecule has 0 heterocycles. The minimum Gasteiger partial charge on any atom is -0.463 e. The third-order valence-electron chi connectivity index (χ3n) is 3.97. The highest BCUT2D eigenvalue weighted by Crippen LogP contribution is 2.34. The zero-order chi connectivity index (χ0) is 19.3. The van der Waals surface area contributed by atoms with Crippen molar-refractivity contribution in [3.63, 3.8) is 0 Å². The first-order chi connectivity index (χ1) is 12.3. The lowest BCUT2D eigenvalue weighted by Crippen LogP contribution is -2.42. The minimum absolute atomic E-state index is 0.0693. The van der Waals surface area contributed by atoms with Gasteiger partial charge in [-0.3, -0.25) is 4.31 Å². The van der Waals surface area contributed by atoms with Gasteiger partial charge in [0.25, 0.3) is 0 Å². The highest BCUT2D eigenvalue weighted by atomic mass is 35.5. The van der Waals surface area contributed by atoms with Gasteiger partial charge < -0.3 is 4.74 Å². The Morgan fingerprint density at radius 3 is 2.85 bits per heavy atom. The Kier molecular flexibility index (Phi) is 6.68. The van der Waals surface area contributed by atoms with Gasteiger partial charge in [-0.2, -0.15) is 0 Å². The van der Waals surface area contributed by atoms with Crippen LogP contribution in [0, 0.1) is 18.2 Å². The standard InChI is InChI=1S/C18H19ClFNO4S/c1-3-11-21(16-10-9-13(20)12-15(16)19)26(23,24)17-8-6-5-7-14(17)18(22)25-4-2/h1,7,9-10,12,17H,4-6,8,11H2,2H3. The summed E-state index contributed by atoms with van der Waals surface area (Å²) in [7, 11) is -4.07. The van der Waals surface area contributed by atoms with Gasteiger partial charge in [-0.1, -0.05) is 23.6 Å². The first-order valence-corrected chi connectivity index (χ1v) is 9.98. The van der Waals surface area contributed by atoms with Crippen LogP contribution < -0.4 is 4.31 Å². The number of hydrogen-bond acceptors (Lipinski definition) is 4. The van der Waals surface area contributed by atoms with Crippen molar-refractivity contribution < 1.29 is 22.3 Å². The normalized spacial score (nSPS) is 17.2. The van der Waals surface area contributed by atoms with Crippen molar-refractivity contribution in [2.24, 2.45) is 0 Å². The minimum atomic E-state index is -4.07. The highest BCUT2D eigenvalue weighted by Gasteiger charge is 2.39. The van der Waals surface area contributed by atoms with Crippen molar-refractivity contribution in [3.8, 4) is 12.3 Å². The lowest BCUT2D eigenvalue weighted by molar-refractivity contribution is -0.138. The predicted molar refractivity (Wildman–Crippen MR) is 98.9 cm³/mol. The van der Waals surface area contributed by atoms with E-state index in [0.717, 1.165) is 16.4 Å². The summed E-state index contributed by atoms with van der Waals surface area (Å²) in [5.74, 6) is 1.02. The second kappa shape index (κ2) is 8.56. The summed E-state index contributed by atoms with van der Waals surface area (Å²) >= 11 is 6.03. The Morgan fingerprint density at radius 1 is 1.50 bits per heavy atom. The number of benzene rings is 1. The SMILES string of the molecule is C#CCN(c1ccc(F)cc1Cl)S(=O)(=O)C1CCCC=C1C(=O)OCC. The topological polar surface area (TPSA) is 63.7 Å². The molecule has 1 aromatic carbocycles. The van der Waals surface area contributed by atoms with E-state index in [4.69, 9.17) is 22.8 Å². The van der Waals surface area contributed by atoms with E-state index in [-0.39, 0.29) is 35.9 Å². The van der Waals surface area contributed by atoms with E-state index < -0.39 is 27.1 Å². The molecule has 0 aliphatic heterocycles. The van der Waals surface area contributed by atoms with Gasteiger partial charge in [0.05, 0.1) is 29.4 Å². The Bertz CT molecular complexity index is 860. The van der Waals surface area contributed by atoms with Gasteiger partial charge >= 0.3 is 5.97 Å². The van der Waals surface area contributed by atoms with Crippen molar-refractivity contribution in [2.75, 3.05) is 17.5 Å². The predicted octanol–water partition coefficient (Wildman–Crippen LogP) is 3.29. The summed E-state index contributed by atoms with van der Waals surface area (Å²) in [6.45, 7) is 1.49. The Hall–Kier alpha value is -2.04. The Labute approximate surface area is 157 Å². The molecular formula is C18H19ClFNO4S. The number of anilines is 1. The van der Waals surface area contributed by atoms with Crippen molar-refractivity contribution in [1.82, 2.24) is 0 Å². The largest absolute Gasteiger partial charge is 0.463 e. The molecule has 0 spiro atoms. The van der Waals surface area contributed by atoms with Crippen molar-refractivity contribution in [3.05, 3.63) is 40.7 Å². The fourth-order valence-corrected chi connectivity index (χ4v) is 5.11. The van der Waals surface area contributed by atoms with Gasteiger partial charge in [0.2, 0.25) is 10.0 Å². The first-order valence-electron chi connectivity index (χ1n) is 8.10. The zero-order valence-corrected chi connectivity index (χ0v) is 15.8. The van der Waals surface area contributed by atoms with Crippen molar-refractivity contribution in [1.29, 1.82) is 0 Å². The van der Waals surface area contributed by atoms with Crippen LogP contribution in [-0.2, 0) is 19.6 Å². The molecule has 2 rings (SSSR count). The van der Waals surface area contributed by atoms with Gasteiger partial charge in [-0.05, 0) is 44.4 Å². The summed E-state index contributed by atoms with van der Waals surface area (Å²) in [6, 6.07) is 3.37. The van der Waals surface area contributed by atoms with Gasteiger partial charge in [-0.25, -0.2) is 17.6 Å². The monoisotopic (exact) mass is 399 g/mol. The zero-order valence-electron chi connectivity index (χ0n) is 14.2. The molecule has 0 amide bonds. The maximum atomic E-state index is 13.3. The van der Waals surface area contributed by atoms with Crippen LogP contribution in [0.1, 0.15) is 26.2 Å². The lowest BCUT2D eigenvalue weighted by atomic mass is 9.99. The number of terminal acetylenes is 1. The molecular weight excluding hydrogens is 381 g/mol. The smallest absolute Gasteiger partial charge is 0.335 e. The average molecular weight is 400 g/mol. The Morgan fingerprint density at radius 2 is 2.23 bits per heavy atom. The maximum absolute atomic E-state index is 13.3. The molecule has 1 atom stereocenters. The molecule has 0 saturated heterocycles. The van der Waals surface area contributed by atoms with Crippen LogP contribution >= 0.6 is 11.6 Å². The first kappa shape index (κ1) is 20.3. The van der Waals surface area contributed by atoms with Crippen LogP contribution in [0.4, 0.5) is 10.1 Å². The lowest BCUT2D eigenvalue weighted by Gasteiger charge is -2.30. The number of carbonyl (C=O) groups excluding carboxylic acids is 1. The van der Waals surface area contributed by atoms with E-state index in [2.05, 4.69) is 5.92 Å². The van der Waals surface area contributed by atoms with Gasteiger partial charge in [0, 0.05) is 0 Å². The molecule has 140 valence electrons. The average Bonchev–Trinajstić information content (AvgIpc) is 2.60. The molecule has 1 unspecified atom stereocenters. The van der Waals surface area contributed by atoms with Crippen molar-refractivity contribution >= 4 is 33.3 Å².